The number of thioether (sulfide) groups is 1. The third-order valence-corrected chi connectivity index (χ3v) is 5.25. The normalized spacial score (nSPS) is 18.7. The average Bonchev–Trinajstić information content (AvgIpc) is 2.71. The second-order valence-electron chi connectivity index (χ2n) is 8.30. The van der Waals surface area contributed by atoms with Gasteiger partial charge < -0.3 is 19.4 Å². The van der Waals surface area contributed by atoms with Gasteiger partial charge in [-0.25, -0.2) is 4.79 Å². The third kappa shape index (κ3) is 5.63. The summed E-state index contributed by atoms with van der Waals surface area (Å²) >= 11 is 1.57. The zero-order valence-corrected chi connectivity index (χ0v) is 17.5. The second kappa shape index (κ2) is 7.78. The number of hydrogen-bond donors (Lipinski definition) is 1. The van der Waals surface area contributed by atoms with Gasteiger partial charge in [0.25, 0.3) is 0 Å². The van der Waals surface area contributed by atoms with E-state index in [0.717, 1.165) is 10.5 Å². The molecule has 0 unspecified atom stereocenters. The first kappa shape index (κ1) is 21.1. The maximum atomic E-state index is 11.6. The molecule has 1 aromatic rings. The number of hydrogen-bond acceptors (Lipinski definition) is 6. The molecule has 0 spiro atoms. The SMILES string of the molecule is CC(C)(C)OC(=O)NCCSc1ccc(B2OC(C)(C)C(C)(C)O2)cn1. The Kier molecular flexibility index (Phi) is 6.30. The van der Waals surface area contributed by atoms with Gasteiger partial charge in [0.15, 0.2) is 0 Å². The minimum Gasteiger partial charge on any atom is -0.444 e. The van der Waals surface area contributed by atoms with Crippen molar-refractivity contribution < 1.29 is 18.8 Å². The van der Waals surface area contributed by atoms with Crippen molar-refractivity contribution in [2.75, 3.05) is 12.3 Å². The lowest BCUT2D eigenvalue weighted by Crippen LogP contribution is -2.41. The molecule has 0 atom stereocenters. The van der Waals surface area contributed by atoms with Crippen molar-refractivity contribution >= 4 is 30.4 Å². The van der Waals surface area contributed by atoms with Gasteiger partial charge in [-0.05, 0) is 54.5 Å². The number of pyridine rings is 1. The molecule has 0 saturated carbocycles. The Hall–Kier alpha value is -1.25. The van der Waals surface area contributed by atoms with Gasteiger partial charge in [0, 0.05) is 24.0 Å². The van der Waals surface area contributed by atoms with Crippen LogP contribution in [0.4, 0.5) is 4.79 Å². The summed E-state index contributed by atoms with van der Waals surface area (Å²) < 4.78 is 17.2. The Bertz CT molecular complexity index is 613. The van der Waals surface area contributed by atoms with E-state index in [-0.39, 0.29) is 11.2 Å². The Morgan fingerprint density at radius 1 is 1.23 bits per heavy atom. The van der Waals surface area contributed by atoms with Crippen LogP contribution in [0.3, 0.4) is 0 Å². The van der Waals surface area contributed by atoms with E-state index in [1.165, 1.54) is 0 Å². The molecule has 1 N–H and O–H groups in total. The van der Waals surface area contributed by atoms with Crippen LogP contribution < -0.4 is 10.8 Å². The maximum Gasteiger partial charge on any atom is 0.496 e. The van der Waals surface area contributed by atoms with Crippen molar-refractivity contribution in [1.82, 2.24) is 10.3 Å². The van der Waals surface area contributed by atoms with Gasteiger partial charge in [-0.15, -0.1) is 11.8 Å². The molecule has 0 aliphatic carbocycles. The molecule has 2 heterocycles. The van der Waals surface area contributed by atoms with E-state index in [1.54, 1.807) is 18.0 Å². The fraction of sp³-hybridized carbons (Fsp3) is 0.667. The fourth-order valence-electron chi connectivity index (χ4n) is 2.22. The number of aromatic nitrogens is 1. The summed E-state index contributed by atoms with van der Waals surface area (Å²) in [6.45, 7) is 14.2. The first-order valence-corrected chi connectivity index (χ1v) is 9.79. The Morgan fingerprint density at radius 3 is 2.35 bits per heavy atom. The van der Waals surface area contributed by atoms with E-state index in [4.69, 9.17) is 14.0 Å². The number of amides is 1. The Morgan fingerprint density at radius 2 is 1.85 bits per heavy atom. The van der Waals surface area contributed by atoms with Crippen LogP contribution in [0.1, 0.15) is 48.5 Å². The lowest BCUT2D eigenvalue weighted by atomic mass is 9.80. The van der Waals surface area contributed by atoms with Crippen LogP contribution >= 0.6 is 11.8 Å². The summed E-state index contributed by atoms with van der Waals surface area (Å²) in [7, 11) is -0.402. The zero-order chi connectivity index (χ0) is 19.6. The minimum absolute atomic E-state index is 0.363. The average molecular weight is 380 g/mol. The molecule has 8 heteroatoms. The van der Waals surface area contributed by atoms with E-state index < -0.39 is 18.8 Å². The van der Waals surface area contributed by atoms with Crippen molar-refractivity contribution in [3.63, 3.8) is 0 Å². The highest BCUT2D eigenvalue weighted by Crippen LogP contribution is 2.36. The standard InChI is InChI=1S/C18H29BN2O4S/c1-16(2,3)23-15(22)20-10-11-26-14-9-8-13(12-21-14)19-24-17(4,5)18(6,7)25-19/h8-9,12H,10-11H2,1-7H3,(H,20,22). The van der Waals surface area contributed by atoms with Gasteiger partial charge in [0.1, 0.15) is 5.60 Å². The molecule has 1 fully saturated rings. The predicted molar refractivity (Wildman–Crippen MR) is 105 cm³/mol. The molecule has 2 rings (SSSR count). The number of ether oxygens (including phenoxy) is 1. The topological polar surface area (TPSA) is 69.7 Å². The molecule has 1 aliphatic heterocycles. The van der Waals surface area contributed by atoms with E-state index in [1.807, 2.05) is 60.6 Å². The molecule has 0 aromatic carbocycles. The second-order valence-corrected chi connectivity index (χ2v) is 9.41. The van der Waals surface area contributed by atoms with Crippen LogP contribution in [-0.2, 0) is 14.0 Å². The highest BCUT2D eigenvalue weighted by molar-refractivity contribution is 7.99. The largest absolute Gasteiger partial charge is 0.496 e. The van der Waals surface area contributed by atoms with Gasteiger partial charge in [0.05, 0.1) is 16.2 Å². The van der Waals surface area contributed by atoms with Crippen LogP contribution in [0, 0.1) is 0 Å². The van der Waals surface area contributed by atoms with Crippen LogP contribution in [0.5, 0.6) is 0 Å². The van der Waals surface area contributed by atoms with E-state index >= 15 is 0 Å². The smallest absolute Gasteiger partial charge is 0.444 e. The summed E-state index contributed by atoms with van der Waals surface area (Å²) in [4.78, 5) is 16.0. The fourth-order valence-corrected chi connectivity index (χ4v) is 2.92. The molecule has 26 heavy (non-hydrogen) atoms. The molecule has 0 radical (unpaired) electrons. The lowest BCUT2D eigenvalue weighted by molar-refractivity contribution is 0.00578. The predicted octanol–water partition coefficient (Wildman–Crippen LogP) is 3.00. The van der Waals surface area contributed by atoms with Crippen molar-refractivity contribution in [1.29, 1.82) is 0 Å². The van der Waals surface area contributed by atoms with Crippen molar-refractivity contribution in [3.05, 3.63) is 18.3 Å². The van der Waals surface area contributed by atoms with Gasteiger partial charge in [-0.2, -0.15) is 0 Å². The number of nitrogens with one attached hydrogen (secondary N) is 1. The molecular formula is C18H29BN2O4S. The van der Waals surface area contributed by atoms with Crippen molar-refractivity contribution in [2.45, 2.75) is 70.3 Å². The summed E-state index contributed by atoms with van der Waals surface area (Å²) in [5.74, 6) is 0.710. The van der Waals surface area contributed by atoms with Crippen LogP contribution in [-0.4, -0.2) is 47.3 Å². The number of carbonyl (C=O) groups excluding carboxylic acids is 1. The highest BCUT2D eigenvalue weighted by atomic mass is 32.2. The van der Waals surface area contributed by atoms with Gasteiger partial charge in [-0.1, -0.05) is 6.07 Å². The van der Waals surface area contributed by atoms with Gasteiger partial charge >= 0.3 is 13.2 Å². The van der Waals surface area contributed by atoms with E-state index in [0.29, 0.717) is 12.3 Å². The number of rotatable bonds is 5. The number of carbonyl (C=O) groups is 1. The lowest BCUT2D eigenvalue weighted by Gasteiger charge is -2.32. The molecule has 144 valence electrons. The molecule has 1 amide bonds. The highest BCUT2D eigenvalue weighted by Gasteiger charge is 2.51. The van der Waals surface area contributed by atoms with Crippen LogP contribution in [0.15, 0.2) is 23.4 Å². The Balaban J connectivity index is 1.79. The summed E-state index contributed by atoms with van der Waals surface area (Å²) in [5.41, 5.74) is -0.307. The van der Waals surface area contributed by atoms with Crippen molar-refractivity contribution in [3.8, 4) is 0 Å². The third-order valence-electron chi connectivity index (χ3n) is 4.30. The molecule has 1 aliphatic rings. The van der Waals surface area contributed by atoms with Crippen molar-refractivity contribution in [2.24, 2.45) is 0 Å². The number of nitrogens with zero attached hydrogens (tertiary/aromatic N) is 1. The Labute approximate surface area is 160 Å². The summed E-state index contributed by atoms with van der Waals surface area (Å²) in [6, 6.07) is 3.91. The first-order chi connectivity index (χ1) is 11.9. The van der Waals surface area contributed by atoms with Crippen LogP contribution in [0.2, 0.25) is 0 Å². The van der Waals surface area contributed by atoms with Gasteiger partial charge in [0.2, 0.25) is 0 Å². The summed E-state index contributed by atoms with van der Waals surface area (Å²) in [5, 5.41) is 3.62. The molecule has 0 bridgehead atoms. The number of alkyl carbamates (subject to hydrolysis) is 1. The molecule has 1 aromatic heterocycles. The maximum absolute atomic E-state index is 11.6. The van der Waals surface area contributed by atoms with Gasteiger partial charge in [-0.3, -0.25) is 4.98 Å². The first-order valence-electron chi connectivity index (χ1n) is 8.81. The minimum atomic E-state index is -0.484. The molecular weight excluding hydrogens is 351 g/mol. The zero-order valence-electron chi connectivity index (χ0n) is 16.7. The van der Waals surface area contributed by atoms with Crippen LogP contribution in [0.25, 0.3) is 0 Å². The quantitative estimate of drug-likeness (QED) is 0.481. The molecule has 6 nitrogen and oxygen atoms in total. The van der Waals surface area contributed by atoms with E-state index in [9.17, 15) is 4.79 Å². The molecule has 1 saturated heterocycles. The monoisotopic (exact) mass is 380 g/mol. The van der Waals surface area contributed by atoms with E-state index in [2.05, 4.69) is 10.3 Å². The summed E-state index contributed by atoms with van der Waals surface area (Å²) in [6.07, 6.45) is 1.38.